The Labute approximate surface area is 147 Å². The largest absolute Gasteiger partial charge is 0.424 e. The Bertz CT molecular complexity index is 643. The van der Waals surface area contributed by atoms with Crippen LogP contribution in [-0.2, 0) is 13.1 Å². The summed E-state index contributed by atoms with van der Waals surface area (Å²) in [5.74, 6) is 3.86. The summed E-state index contributed by atoms with van der Waals surface area (Å²) in [6.07, 6.45) is 3.49. The van der Waals surface area contributed by atoms with Crippen molar-refractivity contribution in [3.05, 3.63) is 23.5 Å². The predicted octanol–water partition coefficient (Wildman–Crippen LogP) is 2.16. The van der Waals surface area contributed by atoms with Gasteiger partial charge in [0, 0.05) is 24.9 Å². The van der Waals surface area contributed by atoms with E-state index in [2.05, 4.69) is 44.0 Å². The van der Waals surface area contributed by atoms with Crippen molar-refractivity contribution in [1.82, 2.24) is 30.1 Å². The van der Waals surface area contributed by atoms with Crippen LogP contribution >= 0.6 is 0 Å². The Morgan fingerprint density at radius 2 is 1.80 bits per heavy atom. The van der Waals surface area contributed by atoms with Crippen LogP contribution < -0.4 is 0 Å². The van der Waals surface area contributed by atoms with Crippen molar-refractivity contribution < 1.29 is 8.94 Å². The molecule has 0 radical (unpaired) electrons. The minimum atomic E-state index is 0.274. The summed E-state index contributed by atoms with van der Waals surface area (Å²) in [4.78, 5) is 9.26. The maximum Gasteiger partial charge on any atom is 0.230 e. The van der Waals surface area contributed by atoms with E-state index in [4.69, 9.17) is 8.94 Å². The lowest BCUT2D eigenvalue weighted by atomic mass is 10.2. The van der Waals surface area contributed by atoms with Gasteiger partial charge in [-0.1, -0.05) is 19.0 Å². The Hall–Kier alpha value is -1.80. The third kappa shape index (κ3) is 4.24. The predicted molar refractivity (Wildman–Crippen MR) is 89.8 cm³/mol. The van der Waals surface area contributed by atoms with Crippen LogP contribution in [0.25, 0.3) is 0 Å². The highest BCUT2D eigenvalue weighted by Gasteiger charge is 2.29. The Balaban J connectivity index is 1.28. The second-order valence-corrected chi connectivity index (χ2v) is 7.42. The number of hydrogen-bond donors (Lipinski definition) is 0. The van der Waals surface area contributed by atoms with E-state index in [1.54, 1.807) is 0 Å². The fourth-order valence-electron chi connectivity index (χ4n) is 3.12. The Morgan fingerprint density at radius 1 is 1.04 bits per heavy atom. The van der Waals surface area contributed by atoms with Crippen LogP contribution in [0.5, 0.6) is 0 Å². The van der Waals surface area contributed by atoms with Gasteiger partial charge in [-0.05, 0) is 32.4 Å². The van der Waals surface area contributed by atoms with E-state index in [-0.39, 0.29) is 5.92 Å². The van der Waals surface area contributed by atoms with Gasteiger partial charge in [0.25, 0.3) is 0 Å². The van der Waals surface area contributed by atoms with Crippen molar-refractivity contribution in [1.29, 1.82) is 0 Å². The molecule has 2 aliphatic rings. The van der Waals surface area contributed by atoms with E-state index in [1.165, 1.54) is 12.8 Å². The molecule has 0 amide bonds. The molecule has 1 saturated heterocycles. The van der Waals surface area contributed by atoms with E-state index in [9.17, 15) is 0 Å². The summed E-state index contributed by atoms with van der Waals surface area (Å²) in [5.41, 5.74) is 0. The van der Waals surface area contributed by atoms with Crippen molar-refractivity contribution in [2.24, 2.45) is 0 Å². The molecule has 3 heterocycles. The van der Waals surface area contributed by atoms with Crippen molar-refractivity contribution in [3.8, 4) is 0 Å². The molecule has 0 N–H and O–H groups in total. The molecule has 2 aromatic rings. The lowest BCUT2D eigenvalue weighted by Crippen LogP contribution is -2.30. The molecule has 8 heteroatoms. The molecule has 1 aliphatic heterocycles. The summed E-state index contributed by atoms with van der Waals surface area (Å²) in [5, 5.41) is 12.5. The summed E-state index contributed by atoms with van der Waals surface area (Å²) in [6.45, 7) is 9.66. The standard InChI is InChI=1S/C17H26N6O2/c1-12(2)16-18-14(21-25-16)10-22-6-3-7-23(9-8-22)11-15-19-20-17(24-15)13-4-5-13/h12-13H,3-11H2,1-2H3. The highest BCUT2D eigenvalue weighted by Crippen LogP contribution is 2.39. The van der Waals surface area contributed by atoms with E-state index >= 15 is 0 Å². The molecule has 8 nitrogen and oxygen atoms in total. The average Bonchev–Trinajstić information content (AvgIpc) is 3.22. The topological polar surface area (TPSA) is 84.3 Å². The first-order chi connectivity index (χ1) is 12.2. The number of hydrogen-bond acceptors (Lipinski definition) is 8. The average molecular weight is 346 g/mol. The molecule has 0 aromatic carbocycles. The van der Waals surface area contributed by atoms with Gasteiger partial charge in [0.15, 0.2) is 5.82 Å². The van der Waals surface area contributed by atoms with Crippen LogP contribution in [0.1, 0.15) is 68.4 Å². The number of aromatic nitrogens is 4. The molecule has 0 bridgehead atoms. The second kappa shape index (κ2) is 7.21. The van der Waals surface area contributed by atoms with Gasteiger partial charge in [-0.2, -0.15) is 4.98 Å². The van der Waals surface area contributed by atoms with Crippen LogP contribution in [0, 0.1) is 0 Å². The Kier molecular flexibility index (Phi) is 4.80. The zero-order valence-electron chi connectivity index (χ0n) is 15.0. The Morgan fingerprint density at radius 3 is 2.48 bits per heavy atom. The molecule has 1 aliphatic carbocycles. The van der Waals surface area contributed by atoms with Gasteiger partial charge in [-0.3, -0.25) is 9.80 Å². The van der Waals surface area contributed by atoms with Crippen LogP contribution in [-0.4, -0.2) is 56.3 Å². The minimum Gasteiger partial charge on any atom is -0.424 e. The van der Waals surface area contributed by atoms with Crippen LogP contribution in [0.15, 0.2) is 8.94 Å². The lowest BCUT2D eigenvalue weighted by Gasteiger charge is -2.19. The van der Waals surface area contributed by atoms with Crippen LogP contribution in [0.4, 0.5) is 0 Å². The van der Waals surface area contributed by atoms with Gasteiger partial charge in [-0.25, -0.2) is 0 Å². The van der Waals surface area contributed by atoms with E-state index < -0.39 is 0 Å². The molecule has 0 atom stereocenters. The van der Waals surface area contributed by atoms with Crippen molar-refractivity contribution in [2.45, 2.75) is 58.0 Å². The second-order valence-electron chi connectivity index (χ2n) is 7.42. The molecule has 2 fully saturated rings. The molecule has 1 saturated carbocycles. The zero-order valence-corrected chi connectivity index (χ0v) is 15.0. The van der Waals surface area contributed by atoms with Crippen LogP contribution in [0.3, 0.4) is 0 Å². The van der Waals surface area contributed by atoms with Crippen molar-refractivity contribution in [2.75, 3.05) is 26.2 Å². The number of nitrogens with zero attached hydrogens (tertiary/aromatic N) is 6. The van der Waals surface area contributed by atoms with E-state index in [0.717, 1.165) is 63.3 Å². The van der Waals surface area contributed by atoms with E-state index in [0.29, 0.717) is 11.8 Å². The summed E-state index contributed by atoms with van der Waals surface area (Å²) in [6, 6.07) is 0. The fourth-order valence-corrected chi connectivity index (χ4v) is 3.12. The monoisotopic (exact) mass is 346 g/mol. The van der Waals surface area contributed by atoms with Gasteiger partial charge in [0.2, 0.25) is 17.7 Å². The van der Waals surface area contributed by atoms with Gasteiger partial charge < -0.3 is 8.94 Å². The first-order valence-corrected chi connectivity index (χ1v) is 9.27. The third-order valence-corrected chi connectivity index (χ3v) is 4.79. The summed E-state index contributed by atoms with van der Waals surface area (Å²) in [7, 11) is 0. The third-order valence-electron chi connectivity index (χ3n) is 4.79. The van der Waals surface area contributed by atoms with Gasteiger partial charge in [-0.15, -0.1) is 10.2 Å². The molecule has 25 heavy (non-hydrogen) atoms. The van der Waals surface area contributed by atoms with Gasteiger partial charge >= 0.3 is 0 Å². The highest BCUT2D eigenvalue weighted by atomic mass is 16.5. The molecular weight excluding hydrogens is 320 g/mol. The maximum atomic E-state index is 5.79. The smallest absolute Gasteiger partial charge is 0.230 e. The zero-order chi connectivity index (χ0) is 17.2. The molecule has 136 valence electrons. The van der Waals surface area contributed by atoms with Crippen LogP contribution in [0.2, 0.25) is 0 Å². The first-order valence-electron chi connectivity index (χ1n) is 9.27. The SMILES string of the molecule is CC(C)c1nc(CN2CCCN(Cc3nnc(C4CC4)o3)CC2)no1. The molecule has 0 unspecified atom stereocenters. The minimum absolute atomic E-state index is 0.274. The normalized spacial score (nSPS) is 20.3. The van der Waals surface area contributed by atoms with Gasteiger partial charge in [0.1, 0.15) is 0 Å². The maximum absolute atomic E-state index is 5.79. The van der Waals surface area contributed by atoms with Crippen molar-refractivity contribution in [3.63, 3.8) is 0 Å². The van der Waals surface area contributed by atoms with Crippen molar-refractivity contribution >= 4 is 0 Å². The molecule has 4 rings (SSSR count). The summed E-state index contributed by atoms with van der Waals surface area (Å²) < 4.78 is 11.1. The van der Waals surface area contributed by atoms with E-state index in [1.807, 2.05) is 0 Å². The molecule has 0 spiro atoms. The quantitative estimate of drug-likeness (QED) is 0.787. The first kappa shape index (κ1) is 16.7. The summed E-state index contributed by atoms with van der Waals surface area (Å²) >= 11 is 0. The molecular formula is C17H26N6O2. The molecule has 2 aromatic heterocycles. The number of rotatable bonds is 6. The lowest BCUT2D eigenvalue weighted by molar-refractivity contribution is 0.226. The van der Waals surface area contributed by atoms with Gasteiger partial charge in [0.05, 0.1) is 13.1 Å². The highest BCUT2D eigenvalue weighted by molar-refractivity contribution is 5.00. The fraction of sp³-hybridized carbons (Fsp3) is 0.765.